The number of para-hydroxylation sites is 1. The fraction of sp³-hybridized carbons (Fsp3) is 0.391. The van der Waals surface area contributed by atoms with Gasteiger partial charge in [0.2, 0.25) is 5.91 Å². The van der Waals surface area contributed by atoms with Crippen LogP contribution in [-0.2, 0) is 11.2 Å². The third-order valence-corrected chi connectivity index (χ3v) is 5.44. The van der Waals surface area contributed by atoms with Crippen molar-refractivity contribution < 1.29 is 19.1 Å². The van der Waals surface area contributed by atoms with Gasteiger partial charge in [0.1, 0.15) is 6.29 Å². The van der Waals surface area contributed by atoms with E-state index in [9.17, 15) is 9.59 Å². The molecule has 2 aromatic carbocycles. The van der Waals surface area contributed by atoms with E-state index in [0.717, 1.165) is 49.2 Å². The Hall–Kier alpha value is -3.02. The topological polar surface area (TPSA) is 67.9 Å². The van der Waals surface area contributed by atoms with Crippen LogP contribution in [0.4, 0.5) is 5.69 Å². The zero-order valence-corrected chi connectivity index (χ0v) is 17.0. The molecule has 0 aromatic heterocycles. The van der Waals surface area contributed by atoms with Crippen molar-refractivity contribution >= 4 is 17.9 Å². The van der Waals surface area contributed by atoms with E-state index < -0.39 is 0 Å². The van der Waals surface area contributed by atoms with E-state index in [1.54, 1.807) is 14.2 Å². The Labute approximate surface area is 171 Å². The largest absolute Gasteiger partial charge is 0.493 e. The highest BCUT2D eigenvalue weighted by Crippen LogP contribution is 2.30. The van der Waals surface area contributed by atoms with E-state index in [2.05, 4.69) is 10.2 Å². The van der Waals surface area contributed by atoms with Crippen molar-refractivity contribution in [3.8, 4) is 11.5 Å². The average molecular weight is 396 g/mol. The molecule has 1 saturated heterocycles. The third-order valence-electron chi connectivity index (χ3n) is 5.44. The fourth-order valence-corrected chi connectivity index (χ4v) is 3.78. The lowest BCUT2D eigenvalue weighted by molar-refractivity contribution is -0.125. The number of benzene rings is 2. The van der Waals surface area contributed by atoms with Gasteiger partial charge < -0.3 is 19.7 Å². The number of ether oxygens (including phenoxy) is 2. The van der Waals surface area contributed by atoms with Gasteiger partial charge in [-0.2, -0.15) is 0 Å². The highest BCUT2D eigenvalue weighted by atomic mass is 16.5. The van der Waals surface area contributed by atoms with Crippen LogP contribution in [0.3, 0.4) is 0 Å². The van der Waals surface area contributed by atoms with Gasteiger partial charge in [-0.1, -0.05) is 12.1 Å². The highest BCUT2D eigenvalue weighted by Gasteiger charge is 2.25. The predicted octanol–water partition coefficient (Wildman–Crippen LogP) is 3.09. The summed E-state index contributed by atoms with van der Waals surface area (Å²) in [6.07, 6.45) is 3.18. The van der Waals surface area contributed by atoms with Crippen molar-refractivity contribution in [3.05, 3.63) is 53.6 Å². The van der Waals surface area contributed by atoms with Crippen LogP contribution >= 0.6 is 0 Å². The molecular weight excluding hydrogens is 368 g/mol. The number of nitrogens with zero attached hydrogens (tertiary/aromatic N) is 1. The SMILES string of the molecule is COc1cccc(CCNC(=O)C2CCN(c3ccc(C=O)cc3)CC2)c1OC. The Morgan fingerprint density at radius 2 is 1.83 bits per heavy atom. The number of aldehydes is 1. The zero-order valence-electron chi connectivity index (χ0n) is 17.0. The lowest BCUT2D eigenvalue weighted by Gasteiger charge is -2.33. The Kier molecular flexibility index (Phi) is 7.11. The standard InChI is InChI=1S/C23H28N2O4/c1-28-21-5-3-4-18(22(21)29-2)10-13-24-23(27)19-11-14-25(15-12-19)20-8-6-17(16-26)7-9-20/h3-9,16,19H,10-15H2,1-2H3,(H,24,27). The Balaban J connectivity index is 1.47. The molecule has 2 aromatic rings. The summed E-state index contributed by atoms with van der Waals surface area (Å²) < 4.78 is 10.8. The molecule has 0 bridgehead atoms. The minimum Gasteiger partial charge on any atom is -0.493 e. The molecule has 1 heterocycles. The number of carbonyl (C=O) groups excluding carboxylic acids is 2. The summed E-state index contributed by atoms with van der Waals surface area (Å²) in [5.74, 6) is 1.57. The van der Waals surface area contributed by atoms with Crippen LogP contribution in [0, 0.1) is 5.92 Å². The molecule has 0 saturated carbocycles. The number of hydrogen-bond donors (Lipinski definition) is 1. The van der Waals surface area contributed by atoms with Crippen molar-refractivity contribution in [2.24, 2.45) is 5.92 Å². The van der Waals surface area contributed by atoms with Gasteiger partial charge >= 0.3 is 0 Å². The Morgan fingerprint density at radius 3 is 2.45 bits per heavy atom. The summed E-state index contributed by atoms with van der Waals surface area (Å²) in [4.78, 5) is 25.6. The molecule has 0 unspecified atom stereocenters. The van der Waals surface area contributed by atoms with Crippen LogP contribution in [0.2, 0.25) is 0 Å². The van der Waals surface area contributed by atoms with Crippen LogP contribution in [0.25, 0.3) is 0 Å². The van der Waals surface area contributed by atoms with E-state index in [1.807, 2.05) is 42.5 Å². The van der Waals surface area contributed by atoms with Crippen LogP contribution < -0.4 is 19.7 Å². The normalized spacial score (nSPS) is 14.3. The van der Waals surface area contributed by atoms with Crippen molar-refractivity contribution in [2.75, 3.05) is 38.8 Å². The first-order chi connectivity index (χ1) is 14.2. The molecule has 0 spiro atoms. The Morgan fingerprint density at radius 1 is 1.10 bits per heavy atom. The number of amides is 1. The number of methoxy groups -OCH3 is 2. The maximum absolute atomic E-state index is 12.6. The number of carbonyl (C=O) groups is 2. The van der Waals surface area contributed by atoms with Gasteiger partial charge in [-0.15, -0.1) is 0 Å². The summed E-state index contributed by atoms with van der Waals surface area (Å²) >= 11 is 0. The van der Waals surface area contributed by atoms with Gasteiger partial charge in [-0.3, -0.25) is 9.59 Å². The van der Waals surface area contributed by atoms with Crippen LogP contribution in [0.5, 0.6) is 11.5 Å². The Bertz CT molecular complexity index is 827. The molecule has 154 valence electrons. The molecule has 6 heteroatoms. The van der Waals surface area contributed by atoms with Crippen LogP contribution in [0.15, 0.2) is 42.5 Å². The monoisotopic (exact) mass is 396 g/mol. The molecule has 1 N–H and O–H groups in total. The second-order valence-electron chi connectivity index (χ2n) is 7.16. The zero-order chi connectivity index (χ0) is 20.6. The number of rotatable bonds is 8. The lowest BCUT2D eigenvalue weighted by Crippen LogP contribution is -2.41. The van der Waals surface area contributed by atoms with Gasteiger partial charge in [0.15, 0.2) is 11.5 Å². The van der Waals surface area contributed by atoms with Crippen molar-refractivity contribution in [2.45, 2.75) is 19.3 Å². The van der Waals surface area contributed by atoms with Crippen molar-refractivity contribution in [1.82, 2.24) is 5.32 Å². The first-order valence-electron chi connectivity index (χ1n) is 9.94. The lowest BCUT2D eigenvalue weighted by atomic mass is 9.95. The second kappa shape index (κ2) is 9.96. The number of nitrogens with one attached hydrogen (secondary N) is 1. The second-order valence-corrected chi connectivity index (χ2v) is 7.16. The minimum atomic E-state index is 0.0349. The first-order valence-corrected chi connectivity index (χ1v) is 9.94. The third kappa shape index (κ3) is 5.08. The molecule has 0 radical (unpaired) electrons. The number of anilines is 1. The molecule has 29 heavy (non-hydrogen) atoms. The quantitative estimate of drug-likeness (QED) is 0.695. The van der Waals surface area contributed by atoms with E-state index in [0.29, 0.717) is 24.3 Å². The predicted molar refractivity (Wildman–Crippen MR) is 113 cm³/mol. The molecule has 1 amide bonds. The van der Waals surface area contributed by atoms with E-state index in [4.69, 9.17) is 9.47 Å². The van der Waals surface area contributed by atoms with Gasteiger partial charge in [-0.25, -0.2) is 0 Å². The van der Waals surface area contributed by atoms with E-state index in [1.165, 1.54) is 0 Å². The van der Waals surface area contributed by atoms with E-state index >= 15 is 0 Å². The minimum absolute atomic E-state index is 0.0349. The molecule has 1 aliphatic rings. The summed E-state index contributed by atoms with van der Waals surface area (Å²) in [5, 5.41) is 3.07. The van der Waals surface area contributed by atoms with Gasteiger partial charge in [-0.05, 0) is 55.2 Å². The molecule has 6 nitrogen and oxygen atoms in total. The van der Waals surface area contributed by atoms with Gasteiger partial charge in [0.25, 0.3) is 0 Å². The summed E-state index contributed by atoms with van der Waals surface area (Å²) in [6.45, 7) is 2.24. The summed E-state index contributed by atoms with van der Waals surface area (Å²) in [5.41, 5.74) is 2.79. The summed E-state index contributed by atoms with van der Waals surface area (Å²) in [7, 11) is 3.24. The fourth-order valence-electron chi connectivity index (χ4n) is 3.78. The van der Waals surface area contributed by atoms with Gasteiger partial charge in [0, 0.05) is 36.8 Å². The summed E-state index contributed by atoms with van der Waals surface area (Å²) in [6, 6.07) is 13.4. The molecule has 1 aliphatic heterocycles. The van der Waals surface area contributed by atoms with E-state index in [-0.39, 0.29) is 11.8 Å². The molecule has 0 aliphatic carbocycles. The molecular formula is C23H28N2O4. The van der Waals surface area contributed by atoms with Crippen LogP contribution in [-0.4, -0.2) is 46.0 Å². The maximum atomic E-state index is 12.6. The highest BCUT2D eigenvalue weighted by molar-refractivity contribution is 5.79. The molecule has 1 fully saturated rings. The van der Waals surface area contributed by atoms with Crippen molar-refractivity contribution in [1.29, 1.82) is 0 Å². The molecule has 0 atom stereocenters. The average Bonchev–Trinajstić information content (AvgIpc) is 2.78. The van der Waals surface area contributed by atoms with Crippen molar-refractivity contribution in [3.63, 3.8) is 0 Å². The van der Waals surface area contributed by atoms with Crippen LogP contribution in [0.1, 0.15) is 28.8 Å². The van der Waals surface area contributed by atoms with Gasteiger partial charge in [0.05, 0.1) is 14.2 Å². The maximum Gasteiger partial charge on any atom is 0.223 e. The number of piperidine rings is 1. The smallest absolute Gasteiger partial charge is 0.223 e. The first kappa shape index (κ1) is 20.7. The molecule has 3 rings (SSSR count). The number of hydrogen-bond acceptors (Lipinski definition) is 5.